The molecule has 0 amide bonds. The van der Waals surface area contributed by atoms with Crippen molar-refractivity contribution in [2.75, 3.05) is 40.3 Å². The maximum Gasteiger partial charge on any atom is 0.124 e. The molecule has 1 aliphatic heterocycles. The van der Waals surface area contributed by atoms with Crippen LogP contribution in [0.3, 0.4) is 0 Å². The molecule has 4 nitrogen and oxygen atoms in total. The molecule has 0 radical (unpaired) electrons. The lowest BCUT2D eigenvalue weighted by Crippen LogP contribution is -2.38. The molecule has 0 saturated carbocycles. The number of hydrogen-bond acceptors (Lipinski definition) is 4. The van der Waals surface area contributed by atoms with E-state index in [-0.39, 0.29) is 0 Å². The Morgan fingerprint density at radius 2 is 2.29 bits per heavy atom. The zero-order valence-corrected chi connectivity index (χ0v) is 13.4. The molecule has 1 aromatic carbocycles. The van der Waals surface area contributed by atoms with Crippen LogP contribution < -0.4 is 10.1 Å². The summed E-state index contributed by atoms with van der Waals surface area (Å²) in [4.78, 5) is 2.38. The largest absolute Gasteiger partial charge is 0.496 e. The van der Waals surface area contributed by atoms with Crippen LogP contribution in [0.5, 0.6) is 5.75 Å². The van der Waals surface area contributed by atoms with Crippen LogP contribution >= 0.6 is 0 Å². The molecule has 1 saturated heterocycles. The van der Waals surface area contributed by atoms with E-state index in [9.17, 15) is 5.11 Å². The van der Waals surface area contributed by atoms with Crippen molar-refractivity contribution >= 4 is 0 Å². The monoisotopic (exact) mass is 292 g/mol. The van der Waals surface area contributed by atoms with Crippen LogP contribution in [0.1, 0.15) is 30.1 Å². The molecule has 1 aromatic rings. The number of nitrogens with zero attached hydrogens (tertiary/aromatic N) is 1. The molecule has 21 heavy (non-hydrogen) atoms. The van der Waals surface area contributed by atoms with Crippen molar-refractivity contribution in [1.82, 2.24) is 10.2 Å². The minimum Gasteiger partial charge on any atom is -0.496 e. The van der Waals surface area contributed by atoms with Gasteiger partial charge in [-0.2, -0.15) is 0 Å². The van der Waals surface area contributed by atoms with Gasteiger partial charge in [-0.1, -0.05) is 11.6 Å². The second-order valence-electron chi connectivity index (χ2n) is 6.19. The van der Waals surface area contributed by atoms with Crippen molar-refractivity contribution in [2.45, 2.75) is 25.9 Å². The Balaban J connectivity index is 1.84. The van der Waals surface area contributed by atoms with Crippen LogP contribution in [-0.4, -0.2) is 50.3 Å². The molecule has 0 aromatic heterocycles. The summed E-state index contributed by atoms with van der Waals surface area (Å²) in [5.74, 6) is 1.45. The summed E-state index contributed by atoms with van der Waals surface area (Å²) >= 11 is 0. The molecule has 2 N–H and O–H groups in total. The zero-order valence-electron chi connectivity index (χ0n) is 13.4. The standard InChI is InChI=1S/C17H28N2O2/c1-13-6-7-17(21-3)15(9-13)16(20)11-18-10-14-5-4-8-19(2)12-14/h6-7,9,14,16,18,20H,4-5,8,10-12H2,1-3H3. The molecule has 4 heteroatoms. The first-order valence-corrected chi connectivity index (χ1v) is 7.82. The lowest BCUT2D eigenvalue weighted by Gasteiger charge is -2.30. The second kappa shape index (κ2) is 7.78. The highest BCUT2D eigenvalue weighted by molar-refractivity contribution is 5.38. The minimum absolute atomic E-state index is 0.527. The quantitative estimate of drug-likeness (QED) is 0.841. The Morgan fingerprint density at radius 3 is 3.00 bits per heavy atom. The summed E-state index contributed by atoms with van der Waals surface area (Å²) in [5.41, 5.74) is 2.00. The topological polar surface area (TPSA) is 44.7 Å². The highest BCUT2D eigenvalue weighted by Gasteiger charge is 2.18. The van der Waals surface area contributed by atoms with Gasteiger partial charge in [-0.3, -0.25) is 0 Å². The van der Waals surface area contributed by atoms with Gasteiger partial charge < -0.3 is 20.1 Å². The predicted molar refractivity (Wildman–Crippen MR) is 85.8 cm³/mol. The molecule has 2 atom stereocenters. The van der Waals surface area contributed by atoms with Crippen LogP contribution in [0.2, 0.25) is 0 Å². The van der Waals surface area contributed by atoms with E-state index in [0.29, 0.717) is 12.5 Å². The molecule has 0 bridgehead atoms. The molecule has 2 rings (SSSR count). The third-order valence-electron chi connectivity index (χ3n) is 4.24. The predicted octanol–water partition coefficient (Wildman–Crippen LogP) is 1.97. The number of hydrogen-bond donors (Lipinski definition) is 2. The average molecular weight is 292 g/mol. The number of rotatable bonds is 6. The molecule has 0 aliphatic carbocycles. The molecular formula is C17H28N2O2. The van der Waals surface area contributed by atoms with Gasteiger partial charge in [0.2, 0.25) is 0 Å². The minimum atomic E-state index is -0.527. The molecular weight excluding hydrogens is 264 g/mol. The van der Waals surface area contributed by atoms with Gasteiger partial charge in [0.05, 0.1) is 13.2 Å². The number of ether oxygens (including phenoxy) is 1. The molecule has 0 spiro atoms. The van der Waals surface area contributed by atoms with Gasteiger partial charge in [-0.25, -0.2) is 0 Å². The Bertz CT molecular complexity index is 450. The first-order valence-electron chi connectivity index (χ1n) is 7.82. The van der Waals surface area contributed by atoms with E-state index in [1.807, 2.05) is 25.1 Å². The van der Waals surface area contributed by atoms with Crippen LogP contribution in [0.15, 0.2) is 18.2 Å². The van der Waals surface area contributed by atoms with Gasteiger partial charge in [0.1, 0.15) is 5.75 Å². The summed E-state index contributed by atoms with van der Waals surface area (Å²) < 4.78 is 5.34. The van der Waals surface area contributed by atoms with Gasteiger partial charge >= 0.3 is 0 Å². The number of methoxy groups -OCH3 is 1. The van der Waals surface area contributed by atoms with Crippen molar-refractivity contribution in [3.05, 3.63) is 29.3 Å². The van der Waals surface area contributed by atoms with E-state index in [2.05, 4.69) is 17.3 Å². The molecule has 1 aliphatic rings. The molecule has 118 valence electrons. The van der Waals surface area contributed by atoms with E-state index in [4.69, 9.17) is 4.74 Å². The number of piperidine rings is 1. The van der Waals surface area contributed by atoms with Gasteiger partial charge in [0.25, 0.3) is 0 Å². The zero-order chi connectivity index (χ0) is 15.2. The van der Waals surface area contributed by atoms with Crippen molar-refractivity contribution in [2.24, 2.45) is 5.92 Å². The highest BCUT2D eigenvalue weighted by atomic mass is 16.5. The molecule has 1 heterocycles. The fourth-order valence-corrected chi connectivity index (χ4v) is 3.09. The second-order valence-corrected chi connectivity index (χ2v) is 6.19. The average Bonchev–Trinajstić information content (AvgIpc) is 2.47. The van der Waals surface area contributed by atoms with Crippen molar-refractivity contribution < 1.29 is 9.84 Å². The number of benzene rings is 1. The van der Waals surface area contributed by atoms with Gasteiger partial charge in [-0.15, -0.1) is 0 Å². The fourth-order valence-electron chi connectivity index (χ4n) is 3.09. The highest BCUT2D eigenvalue weighted by Crippen LogP contribution is 2.26. The third kappa shape index (κ3) is 4.70. The lowest BCUT2D eigenvalue weighted by atomic mass is 9.98. The van der Waals surface area contributed by atoms with Crippen LogP contribution in [0, 0.1) is 12.8 Å². The first kappa shape index (κ1) is 16.3. The fraction of sp³-hybridized carbons (Fsp3) is 0.647. The van der Waals surface area contributed by atoms with E-state index in [0.717, 1.165) is 30.0 Å². The van der Waals surface area contributed by atoms with Gasteiger partial charge in [-0.05, 0) is 58.0 Å². The maximum absolute atomic E-state index is 10.4. The molecule has 2 unspecified atom stereocenters. The van der Waals surface area contributed by atoms with E-state index in [1.165, 1.54) is 19.4 Å². The molecule has 1 fully saturated rings. The van der Waals surface area contributed by atoms with Crippen LogP contribution in [0.4, 0.5) is 0 Å². The Hall–Kier alpha value is -1.10. The Morgan fingerprint density at radius 1 is 1.48 bits per heavy atom. The van der Waals surface area contributed by atoms with E-state index >= 15 is 0 Å². The first-order chi connectivity index (χ1) is 10.1. The number of nitrogens with one attached hydrogen (secondary N) is 1. The number of aliphatic hydroxyl groups excluding tert-OH is 1. The summed E-state index contributed by atoms with van der Waals surface area (Å²) in [5, 5.41) is 13.8. The normalized spacial score (nSPS) is 21.2. The van der Waals surface area contributed by atoms with Crippen molar-refractivity contribution in [3.63, 3.8) is 0 Å². The van der Waals surface area contributed by atoms with Gasteiger partial charge in [0.15, 0.2) is 0 Å². The van der Waals surface area contributed by atoms with Crippen molar-refractivity contribution in [1.29, 1.82) is 0 Å². The summed E-state index contributed by atoms with van der Waals surface area (Å²) in [6.45, 7) is 5.92. The maximum atomic E-state index is 10.4. The van der Waals surface area contributed by atoms with E-state index < -0.39 is 6.10 Å². The Kier molecular flexibility index (Phi) is 6.03. The smallest absolute Gasteiger partial charge is 0.124 e. The Labute approximate surface area is 128 Å². The number of aliphatic hydroxyl groups is 1. The van der Waals surface area contributed by atoms with E-state index in [1.54, 1.807) is 7.11 Å². The number of likely N-dealkylation sites (tertiary alicyclic amines) is 1. The lowest BCUT2D eigenvalue weighted by molar-refractivity contribution is 0.160. The van der Waals surface area contributed by atoms with Crippen LogP contribution in [-0.2, 0) is 0 Å². The number of aryl methyl sites for hydroxylation is 1. The van der Waals surface area contributed by atoms with Crippen LogP contribution in [0.25, 0.3) is 0 Å². The summed E-state index contributed by atoms with van der Waals surface area (Å²) in [6, 6.07) is 5.92. The van der Waals surface area contributed by atoms with Gasteiger partial charge in [0, 0.05) is 18.7 Å². The SMILES string of the molecule is COc1ccc(C)cc1C(O)CNCC1CCCN(C)C1. The third-order valence-corrected chi connectivity index (χ3v) is 4.24. The summed E-state index contributed by atoms with van der Waals surface area (Å²) in [7, 11) is 3.82. The summed E-state index contributed by atoms with van der Waals surface area (Å²) in [6.07, 6.45) is 2.03. The van der Waals surface area contributed by atoms with Crippen molar-refractivity contribution in [3.8, 4) is 5.75 Å².